The molecule has 1 aromatic carbocycles. The van der Waals surface area contributed by atoms with Crippen molar-refractivity contribution < 1.29 is 13.6 Å². The maximum Gasteiger partial charge on any atom is 0.347 e. The van der Waals surface area contributed by atoms with Crippen molar-refractivity contribution in [3.63, 3.8) is 0 Å². The van der Waals surface area contributed by atoms with Crippen LogP contribution in [0.5, 0.6) is 0 Å². The monoisotopic (exact) mass is 385 g/mol. The van der Waals surface area contributed by atoms with Crippen molar-refractivity contribution in [2.75, 3.05) is 13.1 Å². The predicted molar refractivity (Wildman–Crippen MR) is 98.1 cm³/mol. The van der Waals surface area contributed by atoms with Crippen molar-refractivity contribution in [1.82, 2.24) is 24.4 Å². The lowest BCUT2D eigenvalue weighted by Gasteiger charge is -2.31. The number of hydrogen-bond acceptors (Lipinski definition) is 5. The Bertz CT molecular complexity index is 1120. The Morgan fingerprint density at radius 3 is 2.54 bits per heavy atom. The van der Waals surface area contributed by atoms with Gasteiger partial charge in [0.15, 0.2) is 0 Å². The highest BCUT2D eigenvalue weighted by Crippen LogP contribution is 2.28. The normalized spacial score (nSPS) is 16.3. The Kier molecular flexibility index (Phi) is 4.37. The summed E-state index contributed by atoms with van der Waals surface area (Å²) in [6.07, 6.45) is 2.44. The number of piperidine rings is 1. The number of likely N-dealkylation sites (tertiary alicyclic amines) is 1. The summed E-state index contributed by atoms with van der Waals surface area (Å²) in [5.74, 6) is -3.02. The molecule has 0 unspecified atom stereocenters. The zero-order valence-corrected chi connectivity index (χ0v) is 15.1. The Labute approximate surface area is 158 Å². The van der Waals surface area contributed by atoms with Gasteiger partial charge in [0.25, 0.3) is 11.8 Å². The van der Waals surface area contributed by atoms with Crippen molar-refractivity contribution >= 4 is 16.9 Å². The molecule has 1 fully saturated rings. The molecule has 0 radical (unpaired) electrons. The molecule has 4 rings (SSSR count). The van der Waals surface area contributed by atoms with Gasteiger partial charge in [0.2, 0.25) is 0 Å². The van der Waals surface area contributed by atoms with E-state index >= 15 is 0 Å². The first-order valence-corrected chi connectivity index (χ1v) is 8.80. The van der Waals surface area contributed by atoms with Gasteiger partial charge in [-0.05, 0) is 24.3 Å². The van der Waals surface area contributed by atoms with Crippen LogP contribution < -0.4 is 5.69 Å². The van der Waals surface area contributed by atoms with Crippen molar-refractivity contribution in [2.45, 2.75) is 18.8 Å². The first-order valence-electron chi connectivity index (χ1n) is 8.80. The molecule has 1 amide bonds. The number of carbonyl (C=O) groups excluding carboxylic acids is 1. The van der Waals surface area contributed by atoms with Gasteiger partial charge >= 0.3 is 5.69 Å². The number of amides is 1. The average molecular weight is 385 g/mol. The second-order valence-corrected chi connectivity index (χ2v) is 6.81. The second-order valence-electron chi connectivity index (χ2n) is 6.81. The summed E-state index contributed by atoms with van der Waals surface area (Å²) in [5, 5.41) is 0. The van der Waals surface area contributed by atoms with Crippen molar-refractivity contribution in [1.29, 1.82) is 0 Å². The number of aromatic nitrogens is 4. The van der Waals surface area contributed by atoms with E-state index in [1.54, 1.807) is 37.5 Å². The molecular weight excluding hydrogens is 368 g/mol. The SMILES string of the molecule is Cn1ccc(-c2cnc3ccc(C(=O)N4CCC(F)(F)CC4)cc3n2)nc1=O. The summed E-state index contributed by atoms with van der Waals surface area (Å²) in [4.78, 5) is 38.6. The quantitative estimate of drug-likeness (QED) is 0.676. The molecule has 0 spiro atoms. The van der Waals surface area contributed by atoms with Gasteiger partial charge in [-0.25, -0.2) is 18.6 Å². The van der Waals surface area contributed by atoms with Gasteiger partial charge in [0.1, 0.15) is 5.69 Å². The lowest BCUT2D eigenvalue weighted by Crippen LogP contribution is -2.42. The van der Waals surface area contributed by atoms with E-state index in [4.69, 9.17) is 0 Å². The van der Waals surface area contributed by atoms with Crippen LogP contribution >= 0.6 is 0 Å². The predicted octanol–water partition coefficient (Wildman–Crippen LogP) is 2.26. The number of alkyl halides is 2. The lowest BCUT2D eigenvalue weighted by atomic mass is 10.1. The van der Waals surface area contributed by atoms with E-state index in [9.17, 15) is 18.4 Å². The van der Waals surface area contributed by atoms with Crippen LogP contribution in [0, 0.1) is 0 Å². The first-order chi connectivity index (χ1) is 13.3. The molecule has 1 aliphatic rings. The van der Waals surface area contributed by atoms with Gasteiger partial charge < -0.3 is 9.47 Å². The zero-order chi connectivity index (χ0) is 19.9. The Morgan fingerprint density at radius 1 is 1.07 bits per heavy atom. The fourth-order valence-corrected chi connectivity index (χ4v) is 3.10. The van der Waals surface area contributed by atoms with Crippen LogP contribution in [0.3, 0.4) is 0 Å². The van der Waals surface area contributed by atoms with Crippen molar-refractivity contribution in [3.05, 3.63) is 52.7 Å². The summed E-state index contributed by atoms with van der Waals surface area (Å²) >= 11 is 0. The van der Waals surface area contributed by atoms with Crippen molar-refractivity contribution in [2.24, 2.45) is 7.05 Å². The molecule has 144 valence electrons. The number of carbonyl (C=O) groups is 1. The molecule has 3 aromatic rings. The van der Waals surface area contributed by atoms with E-state index < -0.39 is 11.6 Å². The van der Waals surface area contributed by atoms with E-state index in [0.717, 1.165) is 0 Å². The molecule has 1 aliphatic heterocycles. The molecule has 9 heteroatoms. The Hall–Kier alpha value is -3.23. The third-order valence-corrected chi connectivity index (χ3v) is 4.81. The summed E-state index contributed by atoms with van der Waals surface area (Å²) in [7, 11) is 1.60. The van der Waals surface area contributed by atoms with E-state index in [1.165, 1.54) is 15.7 Å². The van der Waals surface area contributed by atoms with Crippen LogP contribution in [0.4, 0.5) is 8.78 Å². The highest BCUT2D eigenvalue weighted by molar-refractivity contribution is 5.97. The Balaban J connectivity index is 1.65. The topological polar surface area (TPSA) is 81.0 Å². The average Bonchev–Trinajstić information content (AvgIpc) is 2.68. The number of nitrogens with zero attached hydrogens (tertiary/aromatic N) is 5. The molecule has 28 heavy (non-hydrogen) atoms. The smallest absolute Gasteiger partial charge is 0.338 e. The lowest BCUT2D eigenvalue weighted by molar-refractivity contribution is -0.0494. The van der Waals surface area contributed by atoms with E-state index in [0.29, 0.717) is 28.0 Å². The van der Waals surface area contributed by atoms with E-state index in [2.05, 4.69) is 15.0 Å². The minimum Gasteiger partial charge on any atom is -0.338 e. The summed E-state index contributed by atoms with van der Waals surface area (Å²) in [6, 6.07) is 6.51. The molecule has 3 heterocycles. The third kappa shape index (κ3) is 3.47. The molecule has 7 nitrogen and oxygen atoms in total. The van der Waals surface area contributed by atoms with Crippen LogP contribution in [-0.4, -0.2) is 49.3 Å². The molecule has 2 aromatic heterocycles. The fourth-order valence-electron chi connectivity index (χ4n) is 3.10. The van der Waals surface area contributed by atoms with Crippen LogP contribution in [0.25, 0.3) is 22.4 Å². The standard InChI is InChI=1S/C19H17F2N5O2/c1-25-7-4-14(24-18(25)28)16-11-22-13-3-2-12(10-15(13)23-16)17(27)26-8-5-19(20,21)6-9-26/h2-4,7,10-11H,5-6,8-9H2,1H3. The molecule has 0 aliphatic carbocycles. The van der Waals surface area contributed by atoms with Gasteiger partial charge in [-0.15, -0.1) is 0 Å². The number of aryl methyl sites for hydroxylation is 1. The highest BCUT2D eigenvalue weighted by Gasteiger charge is 2.35. The summed E-state index contributed by atoms with van der Waals surface area (Å²) in [5.41, 5.74) is 1.79. The minimum atomic E-state index is -2.71. The Morgan fingerprint density at radius 2 is 1.82 bits per heavy atom. The summed E-state index contributed by atoms with van der Waals surface area (Å²) < 4.78 is 28.0. The molecular formula is C19H17F2N5O2. The number of rotatable bonds is 2. The largest absolute Gasteiger partial charge is 0.347 e. The zero-order valence-electron chi connectivity index (χ0n) is 15.1. The van der Waals surface area contributed by atoms with E-state index in [-0.39, 0.29) is 31.8 Å². The number of fused-ring (bicyclic) bond motifs is 1. The number of hydrogen-bond donors (Lipinski definition) is 0. The van der Waals surface area contributed by atoms with Gasteiger partial charge in [0.05, 0.1) is 22.9 Å². The third-order valence-electron chi connectivity index (χ3n) is 4.81. The van der Waals surface area contributed by atoms with Crippen LogP contribution in [0.2, 0.25) is 0 Å². The maximum atomic E-state index is 13.3. The number of halogens is 2. The van der Waals surface area contributed by atoms with E-state index in [1.807, 2.05) is 0 Å². The summed E-state index contributed by atoms with van der Waals surface area (Å²) in [6.45, 7) is 0.0413. The van der Waals surface area contributed by atoms with Gasteiger partial charge in [-0.2, -0.15) is 4.98 Å². The van der Waals surface area contributed by atoms with Crippen LogP contribution in [0.15, 0.2) is 41.5 Å². The van der Waals surface area contributed by atoms with Gasteiger partial charge in [0, 0.05) is 44.7 Å². The van der Waals surface area contributed by atoms with Crippen LogP contribution in [-0.2, 0) is 7.05 Å². The molecule has 0 N–H and O–H groups in total. The van der Waals surface area contributed by atoms with Gasteiger partial charge in [-0.1, -0.05) is 0 Å². The minimum absolute atomic E-state index is 0.0207. The van der Waals surface area contributed by atoms with Crippen molar-refractivity contribution in [3.8, 4) is 11.4 Å². The molecule has 0 atom stereocenters. The second kappa shape index (κ2) is 6.74. The number of benzene rings is 1. The first kappa shape index (κ1) is 18.1. The highest BCUT2D eigenvalue weighted by atomic mass is 19.3. The molecule has 0 saturated carbocycles. The fraction of sp³-hybridized carbons (Fsp3) is 0.316. The molecule has 1 saturated heterocycles. The molecule has 0 bridgehead atoms. The maximum absolute atomic E-state index is 13.3. The van der Waals surface area contributed by atoms with Gasteiger partial charge in [-0.3, -0.25) is 9.78 Å². The van der Waals surface area contributed by atoms with Crippen LogP contribution in [0.1, 0.15) is 23.2 Å².